The standard InChI is InChI=1S/C15H22N4/c1-12(2)6-8-14-5-3-4-10-19(14)15-9-7-13(11-16)17-18-15/h7,9,12,14H,3-6,8,10H2,1-2H3. The molecule has 19 heavy (non-hydrogen) atoms. The third-order valence-electron chi connectivity index (χ3n) is 3.76. The first-order chi connectivity index (χ1) is 9.20. The van der Waals surface area contributed by atoms with Gasteiger partial charge in [0.2, 0.25) is 0 Å². The van der Waals surface area contributed by atoms with E-state index >= 15 is 0 Å². The Morgan fingerprint density at radius 3 is 2.84 bits per heavy atom. The highest BCUT2D eigenvalue weighted by molar-refractivity contribution is 5.40. The lowest BCUT2D eigenvalue weighted by molar-refractivity contribution is 0.401. The van der Waals surface area contributed by atoms with Crippen molar-refractivity contribution in [1.29, 1.82) is 5.26 Å². The molecule has 102 valence electrons. The SMILES string of the molecule is CC(C)CCC1CCCCN1c1ccc(C#N)nn1. The van der Waals surface area contributed by atoms with E-state index in [2.05, 4.69) is 28.9 Å². The van der Waals surface area contributed by atoms with E-state index in [1.54, 1.807) is 6.07 Å². The number of rotatable bonds is 4. The van der Waals surface area contributed by atoms with Crippen molar-refractivity contribution in [3.8, 4) is 6.07 Å². The van der Waals surface area contributed by atoms with Crippen LogP contribution in [0.3, 0.4) is 0 Å². The Hall–Kier alpha value is -1.63. The lowest BCUT2D eigenvalue weighted by Gasteiger charge is -2.36. The Labute approximate surface area is 115 Å². The summed E-state index contributed by atoms with van der Waals surface area (Å²) < 4.78 is 0. The Kier molecular flexibility index (Phi) is 4.73. The van der Waals surface area contributed by atoms with Gasteiger partial charge in [-0.3, -0.25) is 0 Å². The van der Waals surface area contributed by atoms with Crippen LogP contribution in [-0.4, -0.2) is 22.8 Å². The van der Waals surface area contributed by atoms with Crippen LogP contribution in [0, 0.1) is 17.2 Å². The Morgan fingerprint density at radius 2 is 2.21 bits per heavy atom. The molecule has 1 unspecified atom stereocenters. The molecule has 0 N–H and O–H groups in total. The van der Waals surface area contributed by atoms with Gasteiger partial charge in [-0.15, -0.1) is 10.2 Å². The van der Waals surface area contributed by atoms with Crippen LogP contribution in [0.1, 0.15) is 51.6 Å². The minimum absolute atomic E-state index is 0.388. The number of nitriles is 1. The van der Waals surface area contributed by atoms with E-state index in [1.807, 2.05) is 12.1 Å². The van der Waals surface area contributed by atoms with Crippen LogP contribution < -0.4 is 4.90 Å². The minimum Gasteiger partial charge on any atom is -0.352 e. The van der Waals surface area contributed by atoms with Crippen molar-refractivity contribution in [2.24, 2.45) is 5.92 Å². The fourth-order valence-electron chi connectivity index (χ4n) is 2.67. The van der Waals surface area contributed by atoms with Gasteiger partial charge < -0.3 is 4.90 Å². The van der Waals surface area contributed by atoms with Crippen LogP contribution >= 0.6 is 0 Å². The van der Waals surface area contributed by atoms with Gasteiger partial charge in [-0.25, -0.2) is 0 Å². The van der Waals surface area contributed by atoms with Crippen molar-refractivity contribution in [2.45, 2.75) is 52.0 Å². The first kappa shape index (κ1) is 13.8. The van der Waals surface area contributed by atoms with Gasteiger partial charge in [0.25, 0.3) is 0 Å². The third kappa shape index (κ3) is 3.66. The maximum atomic E-state index is 8.77. The summed E-state index contributed by atoms with van der Waals surface area (Å²) in [6.45, 7) is 5.60. The van der Waals surface area contributed by atoms with Crippen molar-refractivity contribution in [2.75, 3.05) is 11.4 Å². The second kappa shape index (κ2) is 6.51. The first-order valence-corrected chi connectivity index (χ1v) is 7.21. The maximum absolute atomic E-state index is 8.77. The summed E-state index contributed by atoms with van der Waals surface area (Å²) in [5, 5.41) is 16.9. The van der Waals surface area contributed by atoms with Gasteiger partial charge in [0.15, 0.2) is 11.5 Å². The average molecular weight is 258 g/mol. The molecule has 1 atom stereocenters. The maximum Gasteiger partial charge on any atom is 0.163 e. The van der Waals surface area contributed by atoms with Crippen molar-refractivity contribution in [3.63, 3.8) is 0 Å². The van der Waals surface area contributed by atoms with Gasteiger partial charge in [-0.2, -0.15) is 5.26 Å². The van der Waals surface area contributed by atoms with Crippen molar-refractivity contribution in [3.05, 3.63) is 17.8 Å². The molecular weight excluding hydrogens is 236 g/mol. The molecule has 1 aliphatic heterocycles. The molecule has 0 aromatic carbocycles. The number of anilines is 1. The zero-order chi connectivity index (χ0) is 13.7. The van der Waals surface area contributed by atoms with Crippen LogP contribution in [-0.2, 0) is 0 Å². The van der Waals surface area contributed by atoms with E-state index in [4.69, 9.17) is 5.26 Å². The van der Waals surface area contributed by atoms with Gasteiger partial charge >= 0.3 is 0 Å². The van der Waals surface area contributed by atoms with Crippen molar-refractivity contribution >= 4 is 5.82 Å². The number of hydrogen-bond acceptors (Lipinski definition) is 4. The highest BCUT2D eigenvalue weighted by Gasteiger charge is 2.23. The predicted molar refractivity (Wildman–Crippen MR) is 75.8 cm³/mol. The summed E-state index contributed by atoms with van der Waals surface area (Å²) in [4.78, 5) is 2.38. The largest absolute Gasteiger partial charge is 0.352 e. The monoisotopic (exact) mass is 258 g/mol. The van der Waals surface area contributed by atoms with Gasteiger partial charge in [-0.05, 0) is 50.2 Å². The molecule has 4 heteroatoms. The highest BCUT2D eigenvalue weighted by atomic mass is 15.3. The van der Waals surface area contributed by atoms with E-state index in [-0.39, 0.29) is 0 Å². The van der Waals surface area contributed by atoms with Crippen LogP contribution in [0.5, 0.6) is 0 Å². The predicted octanol–water partition coefficient (Wildman–Crippen LogP) is 3.14. The third-order valence-corrected chi connectivity index (χ3v) is 3.76. The van der Waals surface area contributed by atoms with Gasteiger partial charge in [0.05, 0.1) is 0 Å². The molecule has 2 rings (SSSR count). The molecule has 0 aliphatic carbocycles. The van der Waals surface area contributed by atoms with Crippen LogP contribution in [0.2, 0.25) is 0 Å². The number of nitrogens with zero attached hydrogens (tertiary/aromatic N) is 4. The molecule has 2 heterocycles. The average Bonchev–Trinajstić information content (AvgIpc) is 2.45. The Morgan fingerprint density at radius 1 is 1.37 bits per heavy atom. The van der Waals surface area contributed by atoms with E-state index in [0.29, 0.717) is 11.7 Å². The van der Waals surface area contributed by atoms with Crippen LogP contribution in [0.15, 0.2) is 12.1 Å². The Bertz CT molecular complexity index is 432. The molecule has 0 amide bonds. The zero-order valence-corrected chi connectivity index (χ0v) is 11.8. The lowest BCUT2D eigenvalue weighted by atomic mass is 9.95. The smallest absolute Gasteiger partial charge is 0.163 e. The first-order valence-electron chi connectivity index (χ1n) is 7.21. The van der Waals surface area contributed by atoms with E-state index in [0.717, 1.165) is 18.3 Å². The van der Waals surface area contributed by atoms with Crippen LogP contribution in [0.4, 0.5) is 5.82 Å². The van der Waals surface area contributed by atoms with E-state index in [9.17, 15) is 0 Å². The number of piperidine rings is 1. The summed E-state index contributed by atoms with van der Waals surface area (Å²) in [6.07, 6.45) is 6.25. The highest BCUT2D eigenvalue weighted by Crippen LogP contribution is 2.26. The number of aromatic nitrogens is 2. The van der Waals surface area contributed by atoms with Gasteiger partial charge in [0, 0.05) is 12.6 Å². The van der Waals surface area contributed by atoms with E-state index in [1.165, 1.54) is 32.1 Å². The molecule has 1 fully saturated rings. The fraction of sp³-hybridized carbons (Fsp3) is 0.667. The topological polar surface area (TPSA) is 52.8 Å². The van der Waals surface area contributed by atoms with Crippen molar-refractivity contribution < 1.29 is 0 Å². The van der Waals surface area contributed by atoms with Gasteiger partial charge in [-0.1, -0.05) is 13.8 Å². The van der Waals surface area contributed by atoms with Crippen LogP contribution in [0.25, 0.3) is 0 Å². The molecular formula is C15H22N4. The molecule has 1 aromatic rings. The van der Waals surface area contributed by atoms with Gasteiger partial charge in [0.1, 0.15) is 6.07 Å². The fourth-order valence-corrected chi connectivity index (χ4v) is 2.67. The molecule has 1 aromatic heterocycles. The second-order valence-corrected chi connectivity index (χ2v) is 5.70. The quantitative estimate of drug-likeness (QED) is 0.832. The summed E-state index contributed by atoms with van der Waals surface area (Å²) in [6, 6.07) is 6.29. The summed E-state index contributed by atoms with van der Waals surface area (Å²) in [5.74, 6) is 1.67. The molecule has 0 bridgehead atoms. The normalized spacial score (nSPS) is 19.5. The zero-order valence-electron chi connectivity index (χ0n) is 11.8. The van der Waals surface area contributed by atoms with E-state index < -0.39 is 0 Å². The molecule has 0 radical (unpaired) electrons. The number of hydrogen-bond donors (Lipinski definition) is 0. The molecule has 1 saturated heterocycles. The summed E-state index contributed by atoms with van der Waals surface area (Å²) >= 11 is 0. The Balaban J connectivity index is 2.07. The molecule has 4 nitrogen and oxygen atoms in total. The molecule has 0 saturated carbocycles. The lowest BCUT2D eigenvalue weighted by Crippen LogP contribution is -2.40. The molecule has 1 aliphatic rings. The second-order valence-electron chi connectivity index (χ2n) is 5.70. The molecule has 0 spiro atoms. The summed E-state index contributed by atoms with van der Waals surface area (Å²) in [7, 11) is 0. The van der Waals surface area contributed by atoms with Crippen molar-refractivity contribution in [1.82, 2.24) is 10.2 Å². The minimum atomic E-state index is 0.388. The summed E-state index contributed by atoms with van der Waals surface area (Å²) in [5.41, 5.74) is 0.388.